The molecule has 0 aliphatic carbocycles. The minimum Gasteiger partial charge on any atom is -0.481 e. The zero-order valence-corrected chi connectivity index (χ0v) is 9.31. The normalized spacial score (nSPS) is 11.2. The molecular weight excluding hydrogens is 216 g/mol. The largest absolute Gasteiger partial charge is 0.481 e. The van der Waals surface area contributed by atoms with Crippen LogP contribution in [0.3, 0.4) is 0 Å². The summed E-state index contributed by atoms with van der Waals surface area (Å²) in [7, 11) is 0. The first-order valence-electron chi connectivity index (χ1n) is 5.09. The first-order chi connectivity index (χ1) is 7.49. The van der Waals surface area contributed by atoms with Crippen LogP contribution >= 0.6 is 0 Å². The maximum Gasteiger partial charge on any atom is 0.306 e. The highest BCUT2D eigenvalue weighted by atomic mass is 16.5. The van der Waals surface area contributed by atoms with Crippen molar-refractivity contribution in [2.45, 2.75) is 26.2 Å². The number of aliphatic hydroxyl groups is 2. The van der Waals surface area contributed by atoms with Crippen molar-refractivity contribution < 1.29 is 29.6 Å². The van der Waals surface area contributed by atoms with Crippen LogP contribution in [0.25, 0.3) is 0 Å². The molecule has 0 saturated carbocycles. The van der Waals surface area contributed by atoms with Gasteiger partial charge in [0.1, 0.15) is 6.61 Å². The standard InChI is InChI=1S/C10H18O6/c1-2-10(5-11,6-12)7-16-9(15)4-3-8(13)14/h11-12H,2-7H2,1H3,(H,13,14). The van der Waals surface area contributed by atoms with Crippen LogP contribution in [-0.2, 0) is 14.3 Å². The second-order valence-corrected chi connectivity index (χ2v) is 3.72. The van der Waals surface area contributed by atoms with Crippen molar-refractivity contribution in [3.05, 3.63) is 0 Å². The molecule has 0 amide bonds. The summed E-state index contributed by atoms with van der Waals surface area (Å²) in [6.45, 7) is 1.09. The number of esters is 1. The monoisotopic (exact) mass is 234 g/mol. The molecule has 0 aliphatic rings. The van der Waals surface area contributed by atoms with Crippen LogP contribution in [0.1, 0.15) is 26.2 Å². The number of carbonyl (C=O) groups excluding carboxylic acids is 1. The second kappa shape index (κ2) is 7.19. The lowest BCUT2D eigenvalue weighted by atomic mass is 9.88. The second-order valence-electron chi connectivity index (χ2n) is 3.72. The van der Waals surface area contributed by atoms with E-state index in [2.05, 4.69) is 0 Å². The Morgan fingerprint density at radius 3 is 2.12 bits per heavy atom. The van der Waals surface area contributed by atoms with E-state index < -0.39 is 17.4 Å². The first kappa shape index (κ1) is 14.9. The number of hydrogen-bond acceptors (Lipinski definition) is 5. The fraction of sp³-hybridized carbons (Fsp3) is 0.800. The van der Waals surface area contributed by atoms with Gasteiger partial charge in [-0.05, 0) is 6.42 Å². The van der Waals surface area contributed by atoms with E-state index in [0.29, 0.717) is 6.42 Å². The predicted molar refractivity (Wildman–Crippen MR) is 54.7 cm³/mol. The molecule has 0 bridgehead atoms. The van der Waals surface area contributed by atoms with Gasteiger partial charge < -0.3 is 20.1 Å². The Bertz CT molecular complexity index is 225. The summed E-state index contributed by atoms with van der Waals surface area (Å²) in [5.41, 5.74) is -0.834. The number of ether oxygens (including phenoxy) is 1. The molecule has 0 aromatic carbocycles. The number of carboxylic acids is 1. The van der Waals surface area contributed by atoms with Crippen LogP contribution in [0.15, 0.2) is 0 Å². The van der Waals surface area contributed by atoms with Crippen molar-refractivity contribution >= 4 is 11.9 Å². The van der Waals surface area contributed by atoms with Crippen LogP contribution in [0.2, 0.25) is 0 Å². The van der Waals surface area contributed by atoms with Gasteiger partial charge >= 0.3 is 11.9 Å². The van der Waals surface area contributed by atoms with Gasteiger partial charge in [0.05, 0.1) is 31.5 Å². The SMILES string of the molecule is CCC(CO)(CO)COC(=O)CCC(=O)O. The molecule has 3 N–H and O–H groups in total. The Kier molecular flexibility index (Phi) is 6.67. The predicted octanol–water partition coefficient (Wildman–Crippen LogP) is -0.225. The number of rotatable bonds is 8. The molecule has 0 aromatic heterocycles. The highest BCUT2D eigenvalue weighted by Crippen LogP contribution is 2.20. The van der Waals surface area contributed by atoms with Crippen molar-refractivity contribution in [2.24, 2.45) is 5.41 Å². The lowest BCUT2D eigenvalue weighted by molar-refractivity contribution is -0.152. The molecular formula is C10H18O6. The van der Waals surface area contributed by atoms with E-state index in [9.17, 15) is 9.59 Å². The summed E-state index contributed by atoms with van der Waals surface area (Å²) in [6, 6.07) is 0. The molecule has 0 atom stereocenters. The van der Waals surface area contributed by atoms with Crippen LogP contribution in [0, 0.1) is 5.41 Å². The van der Waals surface area contributed by atoms with E-state index in [1.54, 1.807) is 6.92 Å². The third-order valence-corrected chi connectivity index (χ3v) is 2.50. The maximum absolute atomic E-state index is 11.1. The topological polar surface area (TPSA) is 104 Å². The maximum atomic E-state index is 11.1. The summed E-state index contributed by atoms with van der Waals surface area (Å²) in [5, 5.41) is 26.5. The van der Waals surface area contributed by atoms with E-state index >= 15 is 0 Å². The van der Waals surface area contributed by atoms with Gasteiger partial charge in [0.25, 0.3) is 0 Å². The molecule has 16 heavy (non-hydrogen) atoms. The highest BCUT2D eigenvalue weighted by Gasteiger charge is 2.28. The Morgan fingerprint density at radius 1 is 1.19 bits per heavy atom. The molecule has 0 unspecified atom stereocenters. The lowest BCUT2D eigenvalue weighted by Crippen LogP contribution is -2.35. The van der Waals surface area contributed by atoms with Gasteiger partial charge in [-0.25, -0.2) is 0 Å². The molecule has 0 aromatic rings. The van der Waals surface area contributed by atoms with Crippen molar-refractivity contribution in [1.82, 2.24) is 0 Å². The summed E-state index contributed by atoms with van der Waals surface area (Å²) < 4.78 is 4.81. The lowest BCUT2D eigenvalue weighted by Gasteiger charge is -2.27. The van der Waals surface area contributed by atoms with E-state index in [0.717, 1.165) is 0 Å². The van der Waals surface area contributed by atoms with E-state index in [1.807, 2.05) is 0 Å². The molecule has 0 radical (unpaired) electrons. The van der Waals surface area contributed by atoms with Crippen LogP contribution in [-0.4, -0.2) is 47.1 Å². The number of carbonyl (C=O) groups is 2. The van der Waals surface area contributed by atoms with Gasteiger partial charge in [0.15, 0.2) is 0 Å². The Balaban J connectivity index is 4.01. The number of aliphatic carboxylic acids is 1. The zero-order chi connectivity index (χ0) is 12.6. The van der Waals surface area contributed by atoms with Crippen LogP contribution < -0.4 is 0 Å². The number of carboxylic acid groups (broad SMARTS) is 1. The van der Waals surface area contributed by atoms with Gasteiger partial charge in [-0.15, -0.1) is 0 Å². The molecule has 0 aliphatic heterocycles. The van der Waals surface area contributed by atoms with E-state index in [1.165, 1.54) is 0 Å². The molecule has 0 rings (SSSR count). The number of hydrogen-bond donors (Lipinski definition) is 3. The van der Waals surface area contributed by atoms with Crippen molar-refractivity contribution in [3.8, 4) is 0 Å². The Labute approximate surface area is 93.8 Å². The smallest absolute Gasteiger partial charge is 0.306 e. The van der Waals surface area contributed by atoms with Gasteiger partial charge in [-0.3, -0.25) is 9.59 Å². The van der Waals surface area contributed by atoms with Gasteiger partial charge in [-0.2, -0.15) is 0 Å². The first-order valence-corrected chi connectivity index (χ1v) is 5.09. The summed E-state index contributed by atoms with van der Waals surface area (Å²) in [4.78, 5) is 21.3. The van der Waals surface area contributed by atoms with E-state index in [4.69, 9.17) is 20.1 Å². The third kappa shape index (κ3) is 5.09. The molecule has 0 spiro atoms. The van der Waals surface area contributed by atoms with Crippen molar-refractivity contribution in [1.29, 1.82) is 0 Å². The molecule has 0 heterocycles. The fourth-order valence-corrected chi connectivity index (χ4v) is 0.982. The Morgan fingerprint density at radius 2 is 1.75 bits per heavy atom. The van der Waals surface area contributed by atoms with Crippen LogP contribution in [0.4, 0.5) is 0 Å². The summed E-state index contributed by atoms with van der Waals surface area (Å²) in [5.74, 6) is -1.70. The molecule has 6 heteroatoms. The molecule has 0 saturated heterocycles. The minimum absolute atomic E-state index is 0.102. The molecule has 6 nitrogen and oxygen atoms in total. The average Bonchev–Trinajstić information content (AvgIpc) is 2.29. The molecule has 0 fully saturated rings. The fourth-order valence-electron chi connectivity index (χ4n) is 0.982. The van der Waals surface area contributed by atoms with Gasteiger partial charge in [0, 0.05) is 0 Å². The van der Waals surface area contributed by atoms with E-state index in [-0.39, 0.29) is 32.7 Å². The van der Waals surface area contributed by atoms with Crippen LogP contribution in [0.5, 0.6) is 0 Å². The summed E-state index contributed by atoms with van der Waals surface area (Å²) in [6.07, 6.45) is -0.0194. The van der Waals surface area contributed by atoms with Crippen molar-refractivity contribution in [2.75, 3.05) is 19.8 Å². The zero-order valence-electron chi connectivity index (χ0n) is 9.31. The average molecular weight is 234 g/mol. The minimum atomic E-state index is -1.07. The third-order valence-electron chi connectivity index (χ3n) is 2.50. The van der Waals surface area contributed by atoms with Gasteiger partial charge in [-0.1, -0.05) is 6.92 Å². The Hall–Kier alpha value is -1.14. The number of aliphatic hydroxyl groups excluding tert-OH is 2. The summed E-state index contributed by atoms with van der Waals surface area (Å²) >= 11 is 0. The highest BCUT2D eigenvalue weighted by molar-refractivity contribution is 5.76. The van der Waals surface area contributed by atoms with Gasteiger partial charge in [0.2, 0.25) is 0 Å². The molecule has 94 valence electrons. The van der Waals surface area contributed by atoms with Crippen molar-refractivity contribution in [3.63, 3.8) is 0 Å². The quantitative estimate of drug-likeness (QED) is 0.501.